The van der Waals surface area contributed by atoms with Crippen LogP contribution >= 0.6 is 0 Å². The molecule has 2 heterocycles. The Morgan fingerprint density at radius 3 is 2.67 bits per heavy atom. The lowest BCUT2D eigenvalue weighted by Crippen LogP contribution is -2.27. The maximum Gasteiger partial charge on any atom is 0.277 e. The molecular formula is C19H17N3O4S. The molecule has 0 fully saturated rings. The summed E-state index contributed by atoms with van der Waals surface area (Å²) in [5.74, 6) is 0.123. The van der Waals surface area contributed by atoms with E-state index in [0.29, 0.717) is 30.1 Å². The van der Waals surface area contributed by atoms with Gasteiger partial charge in [0.15, 0.2) is 11.5 Å². The van der Waals surface area contributed by atoms with Crippen molar-refractivity contribution < 1.29 is 17.7 Å². The van der Waals surface area contributed by atoms with Gasteiger partial charge < -0.3 is 9.84 Å². The van der Waals surface area contributed by atoms with Crippen molar-refractivity contribution in [2.24, 2.45) is 0 Å². The first-order valence-electron chi connectivity index (χ1n) is 8.36. The highest BCUT2D eigenvalue weighted by molar-refractivity contribution is 7.92. The molecule has 1 aromatic heterocycles. The lowest BCUT2D eigenvalue weighted by molar-refractivity contribution is 0.101. The van der Waals surface area contributed by atoms with Crippen LogP contribution in [0.3, 0.4) is 0 Å². The first-order valence-corrected chi connectivity index (χ1v) is 10.2. The normalized spacial score (nSPS) is 13.4. The van der Waals surface area contributed by atoms with E-state index >= 15 is 0 Å². The van der Waals surface area contributed by atoms with Crippen molar-refractivity contribution in [1.29, 1.82) is 0 Å². The molecule has 1 N–H and O–H groups in total. The number of carbonyl (C=O) groups is 1. The SMILES string of the molecule is CS(=O)(=O)N1CCc2cc(NC(=O)c3cc(-c4ccccc4)on3)ccc21. The number of carbonyl (C=O) groups excluding carboxylic acids is 1. The van der Waals surface area contributed by atoms with Crippen LogP contribution in [0.1, 0.15) is 16.1 Å². The summed E-state index contributed by atoms with van der Waals surface area (Å²) in [7, 11) is -3.29. The predicted molar refractivity (Wildman–Crippen MR) is 102 cm³/mol. The lowest BCUT2D eigenvalue weighted by Gasteiger charge is -2.16. The Hall–Kier alpha value is -3.13. The van der Waals surface area contributed by atoms with E-state index in [1.807, 2.05) is 30.3 Å². The minimum atomic E-state index is -3.29. The molecule has 1 amide bonds. The van der Waals surface area contributed by atoms with Crippen molar-refractivity contribution in [1.82, 2.24) is 5.16 Å². The smallest absolute Gasteiger partial charge is 0.277 e. The molecule has 0 radical (unpaired) electrons. The van der Waals surface area contributed by atoms with Crippen molar-refractivity contribution in [2.45, 2.75) is 6.42 Å². The van der Waals surface area contributed by atoms with Gasteiger partial charge in [-0.1, -0.05) is 35.5 Å². The molecule has 3 aromatic rings. The highest BCUT2D eigenvalue weighted by Gasteiger charge is 2.26. The van der Waals surface area contributed by atoms with Crippen molar-refractivity contribution in [3.63, 3.8) is 0 Å². The molecule has 2 aromatic carbocycles. The largest absolute Gasteiger partial charge is 0.355 e. The Morgan fingerprint density at radius 1 is 1.15 bits per heavy atom. The fourth-order valence-corrected chi connectivity index (χ4v) is 4.07. The van der Waals surface area contributed by atoms with Crippen LogP contribution in [0.25, 0.3) is 11.3 Å². The number of nitrogens with zero attached hydrogens (tertiary/aromatic N) is 2. The Bertz CT molecular complexity index is 1110. The van der Waals surface area contributed by atoms with Gasteiger partial charge in [-0.15, -0.1) is 0 Å². The van der Waals surface area contributed by atoms with E-state index < -0.39 is 10.0 Å². The second kappa shape index (κ2) is 6.55. The molecule has 0 atom stereocenters. The zero-order chi connectivity index (χ0) is 19.0. The Labute approximate surface area is 156 Å². The number of aromatic nitrogens is 1. The molecule has 0 saturated heterocycles. The topological polar surface area (TPSA) is 92.5 Å². The zero-order valence-corrected chi connectivity index (χ0v) is 15.4. The molecular weight excluding hydrogens is 366 g/mol. The van der Waals surface area contributed by atoms with Crippen LogP contribution in [-0.4, -0.2) is 32.3 Å². The average molecular weight is 383 g/mol. The third-order valence-electron chi connectivity index (χ3n) is 4.39. The Balaban J connectivity index is 1.52. The summed E-state index contributed by atoms with van der Waals surface area (Å²) in [4.78, 5) is 12.4. The zero-order valence-electron chi connectivity index (χ0n) is 14.5. The van der Waals surface area contributed by atoms with E-state index in [9.17, 15) is 13.2 Å². The van der Waals surface area contributed by atoms with Crippen molar-refractivity contribution in [3.8, 4) is 11.3 Å². The highest BCUT2D eigenvalue weighted by Crippen LogP contribution is 2.32. The Morgan fingerprint density at radius 2 is 1.93 bits per heavy atom. The summed E-state index contributed by atoms with van der Waals surface area (Å²) in [5, 5.41) is 6.61. The number of amides is 1. The summed E-state index contributed by atoms with van der Waals surface area (Å²) in [6.45, 7) is 0.412. The molecule has 27 heavy (non-hydrogen) atoms. The van der Waals surface area contributed by atoms with E-state index in [1.165, 1.54) is 10.6 Å². The van der Waals surface area contributed by atoms with Crippen LogP contribution in [0.15, 0.2) is 59.1 Å². The van der Waals surface area contributed by atoms with Gasteiger partial charge in [0.25, 0.3) is 5.91 Å². The number of hydrogen-bond donors (Lipinski definition) is 1. The number of anilines is 2. The number of fused-ring (bicyclic) bond motifs is 1. The van der Waals surface area contributed by atoms with Gasteiger partial charge in [0.05, 0.1) is 11.9 Å². The van der Waals surface area contributed by atoms with Gasteiger partial charge >= 0.3 is 0 Å². The second-order valence-electron chi connectivity index (χ2n) is 6.33. The number of nitrogens with one attached hydrogen (secondary N) is 1. The minimum absolute atomic E-state index is 0.173. The van der Waals surface area contributed by atoms with Gasteiger partial charge in [0, 0.05) is 23.9 Å². The van der Waals surface area contributed by atoms with Crippen LogP contribution in [0.4, 0.5) is 11.4 Å². The van der Waals surface area contributed by atoms with Crippen molar-refractivity contribution in [3.05, 3.63) is 65.9 Å². The van der Waals surface area contributed by atoms with E-state index in [0.717, 1.165) is 11.1 Å². The molecule has 1 aliphatic rings. The minimum Gasteiger partial charge on any atom is -0.355 e. The van der Waals surface area contributed by atoms with Gasteiger partial charge in [-0.2, -0.15) is 0 Å². The van der Waals surface area contributed by atoms with E-state index in [4.69, 9.17) is 4.52 Å². The maximum atomic E-state index is 12.4. The quantitative estimate of drug-likeness (QED) is 0.748. The van der Waals surface area contributed by atoms with E-state index in [2.05, 4.69) is 10.5 Å². The molecule has 0 saturated carbocycles. The average Bonchev–Trinajstić information content (AvgIpc) is 3.29. The summed E-state index contributed by atoms with van der Waals surface area (Å²) >= 11 is 0. The lowest BCUT2D eigenvalue weighted by atomic mass is 10.1. The van der Waals surface area contributed by atoms with Crippen LogP contribution in [0.5, 0.6) is 0 Å². The summed E-state index contributed by atoms with van der Waals surface area (Å²) in [6.07, 6.45) is 1.79. The molecule has 0 spiro atoms. The monoisotopic (exact) mass is 383 g/mol. The van der Waals surface area contributed by atoms with Crippen LogP contribution in [-0.2, 0) is 16.4 Å². The van der Waals surface area contributed by atoms with Crippen LogP contribution in [0, 0.1) is 0 Å². The van der Waals surface area contributed by atoms with Gasteiger partial charge in [0.1, 0.15) is 0 Å². The fraction of sp³-hybridized carbons (Fsp3) is 0.158. The fourth-order valence-electron chi connectivity index (χ4n) is 3.11. The van der Waals surface area contributed by atoms with Crippen LogP contribution in [0.2, 0.25) is 0 Å². The number of hydrogen-bond acceptors (Lipinski definition) is 5. The molecule has 8 heteroatoms. The predicted octanol–water partition coefficient (Wildman–Crippen LogP) is 2.92. The molecule has 138 valence electrons. The molecule has 1 aliphatic heterocycles. The van der Waals surface area contributed by atoms with Crippen molar-refractivity contribution in [2.75, 3.05) is 22.4 Å². The number of benzene rings is 2. The number of sulfonamides is 1. The standard InChI is InChI=1S/C19H17N3O4S/c1-27(24,25)22-10-9-14-11-15(7-8-17(14)22)20-19(23)16-12-18(26-21-16)13-5-3-2-4-6-13/h2-8,11-12H,9-10H2,1H3,(H,20,23). The molecule has 0 bridgehead atoms. The van der Waals surface area contributed by atoms with Gasteiger partial charge in [-0.25, -0.2) is 8.42 Å². The highest BCUT2D eigenvalue weighted by atomic mass is 32.2. The maximum absolute atomic E-state index is 12.4. The summed E-state index contributed by atoms with van der Waals surface area (Å²) < 4.78 is 30.2. The Kier molecular flexibility index (Phi) is 4.19. The molecule has 0 aliphatic carbocycles. The third-order valence-corrected chi connectivity index (χ3v) is 5.57. The summed E-state index contributed by atoms with van der Waals surface area (Å²) in [5.41, 5.74) is 3.12. The van der Waals surface area contributed by atoms with Gasteiger partial charge in [0.2, 0.25) is 10.0 Å². The van der Waals surface area contributed by atoms with Gasteiger partial charge in [-0.05, 0) is 30.2 Å². The first-order chi connectivity index (χ1) is 12.9. The third kappa shape index (κ3) is 3.43. The summed E-state index contributed by atoms with van der Waals surface area (Å²) in [6, 6.07) is 16.2. The molecule has 7 nitrogen and oxygen atoms in total. The van der Waals surface area contributed by atoms with Crippen molar-refractivity contribution >= 4 is 27.3 Å². The van der Waals surface area contributed by atoms with Crippen LogP contribution < -0.4 is 9.62 Å². The first kappa shape index (κ1) is 17.3. The van der Waals surface area contributed by atoms with E-state index in [1.54, 1.807) is 24.3 Å². The second-order valence-corrected chi connectivity index (χ2v) is 8.23. The molecule has 0 unspecified atom stereocenters. The van der Waals surface area contributed by atoms with E-state index in [-0.39, 0.29) is 11.6 Å². The van der Waals surface area contributed by atoms with Gasteiger partial charge in [-0.3, -0.25) is 9.10 Å². The molecule has 4 rings (SSSR count). The number of rotatable bonds is 4.